The van der Waals surface area contributed by atoms with Crippen LogP contribution in [-0.4, -0.2) is 48.4 Å². The minimum absolute atomic E-state index is 0.137. The average molecular weight is 414 g/mol. The van der Waals surface area contributed by atoms with Gasteiger partial charge in [-0.2, -0.15) is 0 Å². The summed E-state index contributed by atoms with van der Waals surface area (Å²) in [4.78, 5) is 29.7. The molecular formula is C23H31N3O4. The molecule has 0 spiro atoms. The summed E-state index contributed by atoms with van der Waals surface area (Å²) < 4.78 is 5.26. The highest BCUT2D eigenvalue weighted by molar-refractivity contribution is 5.92. The minimum atomic E-state index is -0.982. The zero-order chi connectivity index (χ0) is 21.9. The molecule has 0 bridgehead atoms. The second-order valence-electron chi connectivity index (χ2n) is 7.09. The van der Waals surface area contributed by atoms with Gasteiger partial charge in [-0.1, -0.05) is 38.0 Å². The predicted octanol–water partition coefficient (Wildman–Crippen LogP) is 4.12. The highest BCUT2D eigenvalue weighted by atomic mass is 16.5. The van der Waals surface area contributed by atoms with Crippen molar-refractivity contribution < 1.29 is 19.4 Å². The molecule has 1 heterocycles. The highest BCUT2D eigenvalue weighted by Crippen LogP contribution is 2.23. The number of benzene rings is 1. The molecule has 0 unspecified atom stereocenters. The third-order valence-corrected chi connectivity index (χ3v) is 4.78. The van der Waals surface area contributed by atoms with Crippen molar-refractivity contribution in [3.63, 3.8) is 0 Å². The van der Waals surface area contributed by atoms with Crippen LogP contribution in [0.25, 0.3) is 11.3 Å². The summed E-state index contributed by atoms with van der Waals surface area (Å²) in [6.45, 7) is 4.91. The smallest absolute Gasteiger partial charge is 0.333 e. The van der Waals surface area contributed by atoms with Gasteiger partial charge in [-0.15, -0.1) is 0 Å². The van der Waals surface area contributed by atoms with Crippen LogP contribution in [0.3, 0.4) is 0 Å². The molecule has 0 fully saturated rings. The SMILES string of the molecule is CCCCCNC(=O)N(C)c1cccc(-c2ccc(C[C@H](OCC)C(=O)O)cn2)c1. The van der Waals surface area contributed by atoms with Crippen molar-refractivity contribution >= 4 is 17.7 Å². The van der Waals surface area contributed by atoms with E-state index >= 15 is 0 Å². The second-order valence-corrected chi connectivity index (χ2v) is 7.09. The van der Waals surface area contributed by atoms with Gasteiger partial charge in [0.05, 0.1) is 5.69 Å². The van der Waals surface area contributed by atoms with E-state index in [1.807, 2.05) is 36.4 Å². The predicted molar refractivity (Wildman–Crippen MR) is 118 cm³/mol. The fourth-order valence-corrected chi connectivity index (χ4v) is 3.03. The number of hydrogen-bond acceptors (Lipinski definition) is 4. The molecule has 1 aromatic carbocycles. The van der Waals surface area contributed by atoms with Crippen molar-refractivity contribution in [1.82, 2.24) is 10.3 Å². The molecule has 2 N–H and O–H groups in total. The Hall–Kier alpha value is -2.93. The molecule has 0 saturated heterocycles. The van der Waals surface area contributed by atoms with Gasteiger partial charge in [-0.25, -0.2) is 9.59 Å². The Bertz CT molecular complexity index is 823. The minimum Gasteiger partial charge on any atom is -0.479 e. The van der Waals surface area contributed by atoms with Crippen LogP contribution >= 0.6 is 0 Å². The number of anilines is 1. The molecule has 2 aromatic rings. The number of nitrogens with zero attached hydrogens (tertiary/aromatic N) is 2. The number of carboxylic acids is 1. The van der Waals surface area contributed by atoms with Crippen molar-refractivity contribution in [2.45, 2.75) is 45.6 Å². The van der Waals surface area contributed by atoms with E-state index < -0.39 is 12.1 Å². The fourth-order valence-electron chi connectivity index (χ4n) is 3.03. The van der Waals surface area contributed by atoms with Crippen LogP contribution in [0.4, 0.5) is 10.5 Å². The monoisotopic (exact) mass is 413 g/mol. The van der Waals surface area contributed by atoms with Crippen LogP contribution in [0.2, 0.25) is 0 Å². The Kier molecular flexibility index (Phi) is 9.28. The number of nitrogens with one attached hydrogen (secondary N) is 1. The zero-order valence-electron chi connectivity index (χ0n) is 17.9. The number of aliphatic carboxylic acids is 1. The lowest BCUT2D eigenvalue weighted by atomic mass is 10.1. The van der Waals surface area contributed by atoms with Crippen LogP contribution < -0.4 is 10.2 Å². The molecule has 30 heavy (non-hydrogen) atoms. The summed E-state index contributed by atoms with van der Waals surface area (Å²) in [7, 11) is 1.74. The molecule has 162 valence electrons. The molecule has 0 aliphatic carbocycles. The van der Waals surface area contributed by atoms with E-state index in [9.17, 15) is 14.7 Å². The van der Waals surface area contributed by atoms with Crippen molar-refractivity contribution in [1.29, 1.82) is 0 Å². The maximum Gasteiger partial charge on any atom is 0.333 e. The average Bonchev–Trinajstić information content (AvgIpc) is 2.76. The van der Waals surface area contributed by atoms with Crippen molar-refractivity contribution in [3.05, 3.63) is 48.2 Å². The molecule has 0 aliphatic rings. The lowest BCUT2D eigenvalue weighted by molar-refractivity contribution is -0.149. The number of rotatable bonds is 11. The molecule has 7 heteroatoms. The van der Waals surface area contributed by atoms with E-state index in [1.54, 1.807) is 25.1 Å². The number of ether oxygens (including phenoxy) is 1. The standard InChI is InChI=1S/C23H31N3O4/c1-4-6-7-13-24-23(29)26(3)19-10-8-9-18(15-19)20-12-11-17(16-25-20)14-21(22(27)28)30-5-2/h8-12,15-16,21H,4-7,13-14H2,1-3H3,(H,24,29)(H,27,28)/t21-/m0/s1. The topological polar surface area (TPSA) is 91.8 Å². The van der Waals surface area contributed by atoms with Crippen LogP contribution in [0, 0.1) is 0 Å². The largest absolute Gasteiger partial charge is 0.479 e. The van der Waals surface area contributed by atoms with Crippen molar-refractivity contribution in [3.8, 4) is 11.3 Å². The van der Waals surface area contributed by atoms with Crippen LogP contribution in [0.1, 0.15) is 38.7 Å². The Labute approximate surface area is 178 Å². The molecular weight excluding hydrogens is 382 g/mol. The molecule has 2 amide bonds. The molecule has 1 aromatic heterocycles. The van der Waals surface area contributed by atoms with E-state index in [2.05, 4.69) is 17.2 Å². The number of pyridine rings is 1. The number of urea groups is 1. The third-order valence-electron chi connectivity index (χ3n) is 4.78. The van der Waals surface area contributed by atoms with Crippen LogP contribution in [-0.2, 0) is 16.0 Å². The van der Waals surface area contributed by atoms with E-state index in [0.717, 1.165) is 41.8 Å². The van der Waals surface area contributed by atoms with E-state index in [0.29, 0.717) is 13.2 Å². The Morgan fingerprint density at radius 2 is 2.00 bits per heavy atom. The summed E-state index contributed by atoms with van der Waals surface area (Å²) >= 11 is 0. The van der Waals surface area contributed by atoms with Crippen molar-refractivity contribution in [2.24, 2.45) is 0 Å². The first-order chi connectivity index (χ1) is 14.5. The number of carbonyl (C=O) groups is 2. The zero-order valence-corrected chi connectivity index (χ0v) is 17.9. The lowest BCUT2D eigenvalue weighted by Crippen LogP contribution is -2.37. The Balaban J connectivity index is 2.06. The van der Waals surface area contributed by atoms with Gasteiger partial charge in [0.1, 0.15) is 0 Å². The third kappa shape index (κ3) is 6.84. The molecule has 2 rings (SSSR count). The summed E-state index contributed by atoms with van der Waals surface area (Å²) in [5, 5.41) is 12.2. The first-order valence-corrected chi connectivity index (χ1v) is 10.4. The van der Waals surface area contributed by atoms with Crippen molar-refractivity contribution in [2.75, 3.05) is 25.1 Å². The fraction of sp³-hybridized carbons (Fsp3) is 0.435. The van der Waals surface area contributed by atoms with E-state index in [1.165, 1.54) is 0 Å². The highest BCUT2D eigenvalue weighted by Gasteiger charge is 2.18. The van der Waals surface area contributed by atoms with Gasteiger partial charge in [0, 0.05) is 44.1 Å². The van der Waals surface area contributed by atoms with Gasteiger partial charge in [0.25, 0.3) is 0 Å². The maximum absolute atomic E-state index is 12.3. The van der Waals surface area contributed by atoms with E-state index in [4.69, 9.17) is 4.74 Å². The summed E-state index contributed by atoms with van der Waals surface area (Å²) in [6, 6.07) is 11.2. The first-order valence-electron chi connectivity index (χ1n) is 10.4. The summed E-state index contributed by atoms with van der Waals surface area (Å²) in [6.07, 6.45) is 4.23. The van der Waals surface area contributed by atoms with E-state index in [-0.39, 0.29) is 12.5 Å². The van der Waals surface area contributed by atoms with Gasteiger partial charge in [0.15, 0.2) is 6.10 Å². The Morgan fingerprint density at radius 3 is 2.63 bits per heavy atom. The maximum atomic E-state index is 12.3. The second kappa shape index (κ2) is 11.9. The number of carbonyl (C=O) groups excluding carboxylic acids is 1. The van der Waals surface area contributed by atoms with Gasteiger partial charge >= 0.3 is 12.0 Å². The molecule has 0 radical (unpaired) electrons. The summed E-state index contributed by atoms with van der Waals surface area (Å²) in [5.41, 5.74) is 3.19. The number of unbranched alkanes of at least 4 members (excludes halogenated alkanes) is 2. The Morgan fingerprint density at radius 1 is 1.20 bits per heavy atom. The quantitative estimate of drug-likeness (QED) is 0.541. The number of carboxylic acid groups (broad SMARTS) is 1. The van der Waals surface area contributed by atoms with Crippen LogP contribution in [0.15, 0.2) is 42.6 Å². The molecule has 0 saturated carbocycles. The number of aromatic nitrogens is 1. The van der Waals surface area contributed by atoms with Crippen LogP contribution in [0.5, 0.6) is 0 Å². The molecule has 7 nitrogen and oxygen atoms in total. The molecule has 0 aliphatic heterocycles. The van der Waals surface area contributed by atoms with Gasteiger partial charge in [-0.3, -0.25) is 9.88 Å². The normalized spacial score (nSPS) is 11.7. The summed E-state index contributed by atoms with van der Waals surface area (Å²) in [5.74, 6) is -0.982. The number of amides is 2. The van der Waals surface area contributed by atoms with Gasteiger partial charge in [-0.05, 0) is 37.1 Å². The van der Waals surface area contributed by atoms with Gasteiger partial charge < -0.3 is 15.2 Å². The molecule has 1 atom stereocenters. The van der Waals surface area contributed by atoms with Gasteiger partial charge in [0.2, 0.25) is 0 Å². The first kappa shape index (κ1) is 23.3. The lowest BCUT2D eigenvalue weighted by Gasteiger charge is -2.19. The number of hydrogen-bond donors (Lipinski definition) is 2.